The molecule has 0 aliphatic heterocycles. The number of amides is 1. The van der Waals surface area contributed by atoms with Crippen LogP contribution in [-0.4, -0.2) is 17.3 Å². The van der Waals surface area contributed by atoms with Gasteiger partial charge in [-0.15, -0.1) is 0 Å². The fourth-order valence-electron chi connectivity index (χ4n) is 2.30. The van der Waals surface area contributed by atoms with Gasteiger partial charge >= 0.3 is 0 Å². The molecule has 0 bridgehead atoms. The highest BCUT2D eigenvalue weighted by Crippen LogP contribution is 2.28. The molecule has 2 unspecified atom stereocenters. The summed E-state index contributed by atoms with van der Waals surface area (Å²) < 4.78 is 0. The predicted molar refractivity (Wildman–Crippen MR) is 78.9 cm³/mol. The summed E-state index contributed by atoms with van der Waals surface area (Å²) in [6.07, 6.45) is 3.38. The minimum atomic E-state index is -0.0774. The second-order valence-corrected chi connectivity index (χ2v) is 6.02. The van der Waals surface area contributed by atoms with E-state index in [0.717, 1.165) is 18.2 Å². The van der Waals surface area contributed by atoms with Gasteiger partial charge in [0.05, 0.1) is 10.0 Å². The van der Waals surface area contributed by atoms with Crippen LogP contribution in [0.25, 0.3) is 0 Å². The minimum absolute atomic E-state index is 0.0774. The van der Waals surface area contributed by atoms with E-state index >= 15 is 0 Å². The predicted octanol–water partition coefficient (Wildman–Crippen LogP) is 4.29. The average Bonchev–Trinajstić information content (AvgIpc) is 2.79. The van der Waals surface area contributed by atoms with Crippen molar-refractivity contribution in [3.8, 4) is 0 Å². The summed E-state index contributed by atoms with van der Waals surface area (Å²) in [5, 5.41) is 4.88. The van der Waals surface area contributed by atoms with Gasteiger partial charge in [0.25, 0.3) is 5.91 Å². The molecular weight excluding hydrogens is 337 g/mol. The van der Waals surface area contributed by atoms with Crippen molar-refractivity contribution in [2.75, 3.05) is 5.33 Å². The molecule has 1 fully saturated rings. The zero-order valence-electron chi connectivity index (χ0n) is 9.76. The van der Waals surface area contributed by atoms with E-state index < -0.39 is 0 Å². The molecule has 18 heavy (non-hydrogen) atoms. The Morgan fingerprint density at radius 2 is 2.11 bits per heavy atom. The van der Waals surface area contributed by atoms with Gasteiger partial charge in [-0.25, -0.2) is 0 Å². The van der Waals surface area contributed by atoms with Crippen LogP contribution in [0.4, 0.5) is 0 Å². The van der Waals surface area contributed by atoms with E-state index in [-0.39, 0.29) is 11.9 Å². The summed E-state index contributed by atoms with van der Waals surface area (Å²) in [5.41, 5.74) is 0.560. The van der Waals surface area contributed by atoms with Gasteiger partial charge in [0.15, 0.2) is 0 Å². The minimum Gasteiger partial charge on any atom is -0.349 e. The zero-order valence-corrected chi connectivity index (χ0v) is 12.9. The Morgan fingerprint density at radius 3 is 2.78 bits per heavy atom. The summed E-state index contributed by atoms with van der Waals surface area (Å²) in [4.78, 5) is 12.1. The Bertz CT molecular complexity index is 453. The molecule has 1 amide bonds. The number of hydrogen-bond acceptors (Lipinski definition) is 1. The van der Waals surface area contributed by atoms with Crippen molar-refractivity contribution in [2.45, 2.75) is 25.3 Å². The number of benzene rings is 1. The first-order valence-electron chi connectivity index (χ1n) is 5.93. The van der Waals surface area contributed by atoms with E-state index in [4.69, 9.17) is 23.2 Å². The van der Waals surface area contributed by atoms with Crippen molar-refractivity contribution in [1.82, 2.24) is 5.32 Å². The molecule has 1 aliphatic rings. The maximum absolute atomic E-state index is 12.1. The van der Waals surface area contributed by atoms with Gasteiger partial charge in [-0.2, -0.15) is 0 Å². The highest BCUT2D eigenvalue weighted by Gasteiger charge is 2.27. The van der Waals surface area contributed by atoms with Crippen LogP contribution in [0.5, 0.6) is 0 Å². The van der Waals surface area contributed by atoms with Crippen LogP contribution in [0.2, 0.25) is 10.0 Å². The lowest BCUT2D eigenvalue weighted by molar-refractivity contribution is 0.0930. The normalized spacial score (nSPS) is 23.1. The molecule has 1 aromatic carbocycles. The van der Waals surface area contributed by atoms with Crippen molar-refractivity contribution in [1.29, 1.82) is 0 Å². The first-order valence-corrected chi connectivity index (χ1v) is 7.81. The van der Waals surface area contributed by atoms with E-state index in [2.05, 4.69) is 21.2 Å². The number of hydrogen-bond donors (Lipinski definition) is 1. The molecule has 98 valence electrons. The first-order chi connectivity index (χ1) is 8.61. The number of carbonyl (C=O) groups is 1. The van der Waals surface area contributed by atoms with Gasteiger partial charge in [-0.3, -0.25) is 4.79 Å². The zero-order chi connectivity index (χ0) is 13.1. The van der Waals surface area contributed by atoms with Gasteiger partial charge in [-0.1, -0.05) is 45.6 Å². The quantitative estimate of drug-likeness (QED) is 0.809. The maximum Gasteiger partial charge on any atom is 0.251 e. The summed E-state index contributed by atoms with van der Waals surface area (Å²) >= 11 is 15.2. The lowest BCUT2D eigenvalue weighted by Crippen LogP contribution is -2.37. The van der Waals surface area contributed by atoms with Gasteiger partial charge in [0.1, 0.15) is 0 Å². The largest absolute Gasteiger partial charge is 0.349 e. The molecular formula is C13H14BrCl2NO. The Balaban J connectivity index is 2.05. The van der Waals surface area contributed by atoms with Gasteiger partial charge in [0.2, 0.25) is 0 Å². The molecule has 0 heterocycles. The number of carbonyl (C=O) groups excluding carboxylic acids is 1. The van der Waals surface area contributed by atoms with Crippen molar-refractivity contribution in [3.05, 3.63) is 33.8 Å². The monoisotopic (exact) mass is 349 g/mol. The summed E-state index contributed by atoms with van der Waals surface area (Å²) in [7, 11) is 0. The maximum atomic E-state index is 12.1. The van der Waals surface area contributed by atoms with Crippen molar-refractivity contribution in [2.24, 2.45) is 5.92 Å². The fraction of sp³-hybridized carbons (Fsp3) is 0.462. The van der Waals surface area contributed by atoms with Gasteiger partial charge in [0, 0.05) is 16.9 Å². The molecule has 2 rings (SSSR count). The Kier molecular flexibility index (Phi) is 4.93. The molecule has 0 radical (unpaired) electrons. The van der Waals surface area contributed by atoms with Crippen LogP contribution < -0.4 is 5.32 Å². The van der Waals surface area contributed by atoms with Crippen LogP contribution in [0, 0.1) is 5.92 Å². The lowest BCUT2D eigenvalue weighted by atomic mass is 10.1. The second-order valence-electron chi connectivity index (χ2n) is 4.55. The highest BCUT2D eigenvalue weighted by atomic mass is 79.9. The number of nitrogens with one attached hydrogen (secondary N) is 1. The molecule has 0 saturated heterocycles. The van der Waals surface area contributed by atoms with E-state index in [1.54, 1.807) is 18.2 Å². The average molecular weight is 351 g/mol. The molecule has 5 heteroatoms. The first kappa shape index (κ1) is 14.2. The van der Waals surface area contributed by atoms with Crippen LogP contribution in [0.3, 0.4) is 0 Å². The number of halogens is 3. The SMILES string of the molecule is O=C(NC1CCCC1CBr)c1ccc(Cl)c(Cl)c1. The van der Waals surface area contributed by atoms with E-state index in [1.807, 2.05) is 0 Å². The summed E-state index contributed by atoms with van der Waals surface area (Å²) in [6.45, 7) is 0. The second kappa shape index (κ2) is 6.27. The Morgan fingerprint density at radius 1 is 1.33 bits per heavy atom. The van der Waals surface area contributed by atoms with Crippen LogP contribution in [-0.2, 0) is 0 Å². The molecule has 1 saturated carbocycles. The Labute approximate surface area is 125 Å². The third-order valence-electron chi connectivity index (χ3n) is 3.36. The standard InChI is InChI=1S/C13H14BrCl2NO/c14-7-9-2-1-3-12(9)17-13(18)8-4-5-10(15)11(16)6-8/h4-6,9,12H,1-3,7H2,(H,17,18). The molecule has 0 spiro atoms. The third-order valence-corrected chi connectivity index (χ3v) is 4.93. The summed E-state index contributed by atoms with van der Waals surface area (Å²) in [6, 6.07) is 5.21. The van der Waals surface area contributed by atoms with Crippen LogP contribution in [0.15, 0.2) is 18.2 Å². The molecule has 1 N–H and O–H groups in total. The van der Waals surface area contributed by atoms with Crippen molar-refractivity contribution in [3.63, 3.8) is 0 Å². The number of alkyl halides is 1. The Hall–Kier alpha value is -0.250. The lowest BCUT2D eigenvalue weighted by Gasteiger charge is -2.19. The van der Waals surface area contributed by atoms with Gasteiger partial charge in [-0.05, 0) is 37.0 Å². The smallest absolute Gasteiger partial charge is 0.251 e. The molecule has 1 aliphatic carbocycles. The topological polar surface area (TPSA) is 29.1 Å². The van der Waals surface area contributed by atoms with Crippen molar-refractivity contribution < 1.29 is 4.79 Å². The molecule has 2 nitrogen and oxygen atoms in total. The number of rotatable bonds is 3. The fourth-order valence-corrected chi connectivity index (χ4v) is 3.37. The van der Waals surface area contributed by atoms with Crippen LogP contribution in [0.1, 0.15) is 29.6 Å². The highest BCUT2D eigenvalue weighted by molar-refractivity contribution is 9.09. The molecule has 0 aromatic heterocycles. The van der Waals surface area contributed by atoms with Gasteiger partial charge < -0.3 is 5.32 Å². The molecule has 1 aromatic rings. The third kappa shape index (κ3) is 3.19. The van der Waals surface area contributed by atoms with E-state index in [1.165, 1.54) is 6.42 Å². The van der Waals surface area contributed by atoms with E-state index in [0.29, 0.717) is 21.5 Å². The van der Waals surface area contributed by atoms with E-state index in [9.17, 15) is 4.79 Å². The van der Waals surface area contributed by atoms with Crippen LogP contribution >= 0.6 is 39.1 Å². The van der Waals surface area contributed by atoms with Crippen molar-refractivity contribution >= 4 is 45.0 Å². The summed E-state index contributed by atoms with van der Waals surface area (Å²) in [5.74, 6) is 0.447. The molecule has 2 atom stereocenters.